The van der Waals surface area contributed by atoms with Gasteiger partial charge in [-0.1, -0.05) is 133 Å². The molecule has 0 spiro atoms. The zero-order valence-electron chi connectivity index (χ0n) is 23.7. The van der Waals surface area contributed by atoms with E-state index >= 15 is 0 Å². The Morgan fingerprint density at radius 2 is 1.05 bits per heavy atom. The fraction of sp³-hybridized carbons (Fsp3) is 0.0476. The van der Waals surface area contributed by atoms with Gasteiger partial charge < -0.3 is 4.42 Å². The summed E-state index contributed by atoms with van der Waals surface area (Å²) in [5.41, 5.74) is 11.9. The predicted octanol–water partition coefficient (Wildman–Crippen LogP) is 11.9. The Morgan fingerprint density at radius 3 is 1.72 bits per heavy atom. The van der Waals surface area contributed by atoms with Gasteiger partial charge in [0.2, 0.25) is 0 Å². The van der Waals surface area contributed by atoms with Crippen LogP contribution in [0.15, 0.2) is 144 Å². The average molecular weight is 549 g/mol. The summed E-state index contributed by atoms with van der Waals surface area (Å²) in [7, 11) is 0. The highest BCUT2D eigenvalue weighted by Crippen LogP contribution is 2.44. The molecule has 0 bridgehead atoms. The second-order valence-electron chi connectivity index (χ2n) is 11.6. The van der Waals surface area contributed by atoms with Crippen LogP contribution in [0.1, 0.15) is 17.5 Å². The predicted molar refractivity (Wildman–Crippen MR) is 182 cm³/mol. The minimum Gasteiger partial charge on any atom is -0.455 e. The van der Waals surface area contributed by atoms with Gasteiger partial charge in [-0.25, -0.2) is 0 Å². The minimum absolute atomic E-state index is 0.958. The van der Waals surface area contributed by atoms with Gasteiger partial charge in [0, 0.05) is 16.3 Å². The quantitative estimate of drug-likeness (QED) is 0.200. The van der Waals surface area contributed by atoms with Crippen LogP contribution in [0.2, 0.25) is 0 Å². The van der Waals surface area contributed by atoms with Gasteiger partial charge >= 0.3 is 0 Å². The van der Waals surface area contributed by atoms with Crippen molar-refractivity contribution in [3.8, 4) is 33.4 Å². The molecule has 1 heteroatoms. The molecule has 0 fully saturated rings. The van der Waals surface area contributed by atoms with E-state index in [4.69, 9.17) is 4.42 Å². The topological polar surface area (TPSA) is 13.1 Å². The smallest absolute Gasteiger partial charge is 0.143 e. The van der Waals surface area contributed by atoms with E-state index in [-0.39, 0.29) is 0 Å². The summed E-state index contributed by atoms with van der Waals surface area (Å²) in [6.45, 7) is 0. The Kier molecular flexibility index (Phi) is 5.39. The van der Waals surface area contributed by atoms with Crippen LogP contribution in [0.5, 0.6) is 0 Å². The van der Waals surface area contributed by atoms with Gasteiger partial charge in [-0.3, -0.25) is 0 Å². The Morgan fingerprint density at radius 1 is 0.465 bits per heavy atom. The molecular formula is C42H28O. The van der Waals surface area contributed by atoms with Crippen molar-refractivity contribution in [1.29, 1.82) is 0 Å². The van der Waals surface area contributed by atoms with Gasteiger partial charge in [0.15, 0.2) is 0 Å². The second-order valence-corrected chi connectivity index (χ2v) is 11.6. The first-order valence-electron chi connectivity index (χ1n) is 15.1. The molecule has 9 rings (SSSR count). The molecule has 0 saturated carbocycles. The largest absolute Gasteiger partial charge is 0.455 e. The fourth-order valence-corrected chi connectivity index (χ4v) is 7.12. The Balaban J connectivity index is 1.22. The maximum atomic E-state index is 6.56. The number of furan rings is 1. The number of rotatable bonds is 3. The lowest BCUT2D eigenvalue weighted by Gasteiger charge is -2.18. The molecule has 1 nitrogen and oxygen atoms in total. The van der Waals surface area contributed by atoms with Crippen LogP contribution in [0, 0.1) is 0 Å². The van der Waals surface area contributed by atoms with Crippen LogP contribution >= 0.6 is 0 Å². The van der Waals surface area contributed by atoms with Crippen molar-refractivity contribution in [2.45, 2.75) is 12.8 Å². The number of hydrogen-bond acceptors (Lipinski definition) is 1. The molecule has 8 aromatic rings. The minimum atomic E-state index is 0.958. The number of hydrogen-bond donors (Lipinski definition) is 0. The van der Waals surface area contributed by atoms with Crippen molar-refractivity contribution in [2.24, 2.45) is 0 Å². The Labute approximate surface area is 250 Å². The van der Waals surface area contributed by atoms with Crippen LogP contribution in [0.3, 0.4) is 0 Å². The van der Waals surface area contributed by atoms with Crippen LogP contribution in [0.25, 0.3) is 82.9 Å². The highest BCUT2D eigenvalue weighted by atomic mass is 16.3. The second kappa shape index (κ2) is 9.58. The highest BCUT2D eigenvalue weighted by molar-refractivity contribution is 6.21. The summed E-state index contributed by atoms with van der Waals surface area (Å²) in [6.07, 6.45) is 6.67. The molecular weight excluding hydrogens is 520 g/mol. The summed E-state index contributed by atoms with van der Waals surface area (Å²) in [4.78, 5) is 0. The van der Waals surface area contributed by atoms with E-state index in [1.165, 1.54) is 65.7 Å². The van der Waals surface area contributed by atoms with Crippen LogP contribution in [0.4, 0.5) is 0 Å². The number of fused-ring (bicyclic) bond motifs is 6. The molecule has 0 aliphatic heterocycles. The van der Waals surface area contributed by atoms with E-state index in [1.54, 1.807) is 0 Å². The molecule has 1 aromatic heterocycles. The molecule has 1 aliphatic rings. The standard InChI is InChI=1S/C42H28O/c1-2-11-28(12-3-1)40-33-15-6-8-17-35(33)41(36-18-9-7-16-34(36)40)29-23-21-27(22-24-29)32-19-10-20-37-38-25-30-13-4-5-14-31(30)26-39(38)43-42(32)37/h1-3,5-12,14-26H,4,13H2. The number of allylic oxidation sites excluding steroid dienone is 1. The first kappa shape index (κ1) is 24.2. The molecule has 7 aromatic carbocycles. The summed E-state index contributed by atoms with van der Waals surface area (Å²) in [5, 5.41) is 7.48. The highest BCUT2D eigenvalue weighted by Gasteiger charge is 2.18. The van der Waals surface area contributed by atoms with Gasteiger partial charge in [0.05, 0.1) is 0 Å². The third kappa shape index (κ3) is 3.78. The Bertz CT molecular complexity index is 2310. The fourth-order valence-electron chi connectivity index (χ4n) is 7.12. The molecule has 1 heterocycles. The maximum absolute atomic E-state index is 6.56. The Hall–Kier alpha value is -5.40. The van der Waals surface area contributed by atoms with Crippen molar-refractivity contribution in [2.75, 3.05) is 0 Å². The van der Waals surface area contributed by atoms with E-state index in [2.05, 4.69) is 146 Å². The molecule has 202 valence electrons. The number of benzene rings is 7. The van der Waals surface area contributed by atoms with Gasteiger partial charge in [0.25, 0.3) is 0 Å². The lowest BCUT2D eigenvalue weighted by Crippen LogP contribution is -1.92. The van der Waals surface area contributed by atoms with E-state index in [0.29, 0.717) is 0 Å². The molecule has 0 N–H and O–H groups in total. The zero-order chi connectivity index (χ0) is 28.3. The molecule has 0 unspecified atom stereocenters. The molecule has 0 saturated heterocycles. The van der Waals surface area contributed by atoms with Crippen molar-refractivity contribution >= 4 is 49.6 Å². The number of aryl methyl sites for hydroxylation is 1. The van der Waals surface area contributed by atoms with E-state index in [0.717, 1.165) is 35.1 Å². The van der Waals surface area contributed by atoms with Gasteiger partial charge in [-0.05, 0) is 85.5 Å². The van der Waals surface area contributed by atoms with Crippen LogP contribution in [-0.2, 0) is 6.42 Å². The van der Waals surface area contributed by atoms with Crippen LogP contribution in [-0.4, -0.2) is 0 Å². The summed E-state index contributed by atoms with van der Waals surface area (Å²) in [6, 6.07) is 48.5. The zero-order valence-corrected chi connectivity index (χ0v) is 23.7. The number of para-hydroxylation sites is 1. The third-order valence-corrected chi connectivity index (χ3v) is 9.11. The van der Waals surface area contributed by atoms with E-state index in [1.807, 2.05) is 0 Å². The summed E-state index contributed by atoms with van der Waals surface area (Å²) >= 11 is 0. The molecule has 0 amide bonds. The molecule has 0 radical (unpaired) electrons. The molecule has 0 atom stereocenters. The first-order valence-corrected chi connectivity index (χ1v) is 15.1. The monoisotopic (exact) mass is 548 g/mol. The third-order valence-electron chi connectivity index (χ3n) is 9.11. The SMILES string of the molecule is C1=Cc2cc3oc4c(-c5ccc(-c6c7ccccc7c(-c7ccccc7)c7ccccc67)cc5)cccc4c3cc2CC1. The summed E-state index contributed by atoms with van der Waals surface area (Å²) < 4.78 is 6.56. The normalized spacial score (nSPS) is 12.8. The lowest BCUT2D eigenvalue weighted by molar-refractivity contribution is 0.669. The van der Waals surface area contributed by atoms with Gasteiger partial charge in [-0.15, -0.1) is 0 Å². The average Bonchev–Trinajstić information content (AvgIpc) is 3.44. The van der Waals surface area contributed by atoms with Crippen molar-refractivity contribution in [1.82, 2.24) is 0 Å². The first-order chi connectivity index (χ1) is 21.3. The van der Waals surface area contributed by atoms with Gasteiger partial charge in [-0.2, -0.15) is 0 Å². The summed E-state index contributed by atoms with van der Waals surface area (Å²) in [5.74, 6) is 0. The van der Waals surface area contributed by atoms with Gasteiger partial charge in [0.1, 0.15) is 11.2 Å². The van der Waals surface area contributed by atoms with E-state index < -0.39 is 0 Å². The van der Waals surface area contributed by atoms with Crippen molar-refractivity contribution in [3.05, 3.63) is 151 Å². The van der Waals surface area contributed by atoms with Crippen molar-refractivity contribution < 1.29 is 4.42 Å². The molecule has 43 heavy (non-hydrogen) atoms. The maximum Gasteiger partial charge on any atom is 0.143 e. The van der Waals surface area contributed by atoms with E-state index in [9.17, 15) is 0 Å². The lowest BCUT2D eigenvalue weighted by atomic mass is 9.85. The molecule has 1 aliphatic carbocycles. The van der Waals surface area contributed by atoms with Crippen LogP contribution < -0.4 is 0 Å². The van der Waals surface area contributed by atoms with Crippen molar-refractivity contribution in [3.63, 3.8) is 0 Å².